The molecule has 128 valence electrons. The maximum Gasteiger partial charge on any atom is 0.318 e. The van der Waals surface area contributed by atoms with E-state index in [1.807, 2.05) is 18.0 Å². The molecule has 2 aliphatic heterocycles. The lowest BCUT2D eigenvalue weighted by atomic mass is 10.0. The van der Waals surface area contributed by atoms with Gasteiger partial charge in [0.05, 0.1) is 11.6 Å². The summed E-state index contributed by atoms with van der Waals surface area (Å²) in [4.78, 5) is 22.2. The number of hydrogen-bond acceptors (Lipinski definition) is 5. The molecule has 2 aliphatic rings. The Bertz CT molecular complexity index is 530. The van der Waals surface area contributed by atoms with Crippen molar-refractivity contribution in [3.05, 3.63) is 16.1 Å². The molecule has 2 amide bonds. The van der Waals surface area contributed by atoms with Crippen molar-refractivity contribution >= 4 is 17.4 Å². The first-order chi connectivity index (χ1) is 11.1. The molecule has 2 fully saturated rings. The third-order valence-corrected chi connectivity index (χ3v) is 5.62. The van der Waals surface area contributed by atoms with E-state index in [1.165, 1.54) is 0 Å². The number of aryl methyl sites for hydroxylation is 1. The molecule has 6 nitrogen and oxygen atoms in total. The largest absolute Gasteiger partial charge is 0.381 e. The molecule has 1 N–H and O–H groups in total. The number of carbonyl (C=O) groups excluding carboxylic acids is 1. The van der Waals surface area contributed by atoms with Crippen molar-refractivity contribution in [3.8, 4) is 0 Å². The molecule has 0 aliphatic carbocycles. The summed E-state index contributed by atoms with van der Waals surface area (Å²) in [5, 5.41) is 4.06. The Labute approximate surface area is 141 Å². The number of piperazine rings is 1. The van der Waals surface area contributed by atoms with E-state index in [4.69, 9.17) is 4.74 Å². The molecule has 2 saturated heterocycles. The van der Waals surface area contributed by atoms with Gasteiger partial charge in [0.25, 0.3) is 0 Å². The molecule has 23 heavy (non-hydrogen) atoms. The SMILES string of the molecule is Cc1ncc(CNC(=O)N2CCN(C3CCOCC3)C[C@H]2C)s1. The Morgan fingerprint density at radius 2 is 2.22 bits per heavy atom. The van der Waals surface area contributed by atoms with Gasteiger partial charge >= 0.3 is 6.03 Å². The lowest BCUT2D eigenvalue weighted by Crippen LogP contribution is -2.58. The van der Waals surface area contributed by atoms with Crippen LogP contribution in [0.3, 0.4) is 0 Å². The van der Waals surface area contributed by atoms with Crippen molar-refractivity contribution in [2.24, 2.45) is 0 Å². The molecular weight excluding hydrogens is 312 g/mol. The highest BCUT2D eigenvalue weighted by Gasteiger charge is 2.31. The van der Waals surface area contributed by atoms with Crippen LogP contribution in [0.2, 0.25) is 0 Å². The van der Waals surface area contributed by atoms with Crippen LogP contribution in [0.25, 0.3) is 0 Å². The zero-order valence-electron chi connectivity index (χ0n) is 14.0. The van der Waals surface area contributed by atoms with Crippen molar-refractivity contribution in [2.45, 2.75) is 45.3 Å². The standard InChI is InChI=1S/C16H26N4O2S/c1-12-11-19(14-3-7-22-8-4-14)5-6-20(12)16(21)18-10-15-9-17-13(2)23-15/h9,12,14H,3-8,10-11H2,1-2H3,(H,18,21)/t12-/m1/s1. The fraction of sp³-hybridized carbons (Fsp3) is 0.750. The molecule has 0 saturated carbocycles. The van der Waals surface area contributed by atoms with Crippen LogP contribution in [0.1, 0.15) is 29.7 Å². The molecule has 0 unspecified atom stereocenters. The van der Waals surface area contributed by atoms with Crippen LogP contribution >= 0.6 is 11.3 Å². The molecule has 0 spiro atoms. The van der Waals surface area contributed by atoms with Gasteiger partial charge in [-0.15, -0.1) is 11.3 Å². The Hall–Kier alpha value is -1.18. The zero-order valence-corrected chi connectivity index (χ0v) is 14.8. The Balaban J connectivity index is 1.48. The van der Waals surface area contributed by atoms with Gasteiger partial charge < -0.3 is 15.0 Å². The van der Waals surface area contributed by atoms with Crippen LogP contribution in [0.5, 0.6) is 0 Å². The lowest BCUT2D eigenvalue weighted by Gasteiger charge is -2.44. The number of carbonyl (C=O) groups is 1. The van der Waals surface area contributed by atoms with Gasteiger partial charge in [0.1, 0.15) is 0 Å². The van der Waals surface area contributed by atoms with Crippen LogP contribution in [0, 0.1) is 6.92 Å². The number of aromatic nitrogens is 1. The molecule has 0 bridgehead atoms. The first-order valence-electron chi connectivity index (χ1n) is 8.41. The van der Waals surface area contributed by atoms with E-state index in [2.05, 4.69) is 22.1 Å². The van der Waals surface area contributed by atoms with Gasteiger partial charge in [-0.3, -0.25) is 4.90 Å². The van der Waals surface area contributed by atoms with Gasteiger partial charge in [-0.1, -0.05) is 0 Å². The van der Waals surface area contributed by atoms with Crippen LogP contribution in [-0.2, 0) is 11.3 Å². The van der Waals surface area contributed by atoms with Gasteiger partial charge in [0.15, 0.2) is 0 Å². The second-order valence-electron chi connectivity index (χ2n) is 6.39. The van der Waals surface area contributed by atoms with Gasteiger partial charge in [-0.2, -0.15) is 0 Å². The summed E-state index contributed by atoms with van der Waals surface area (Å²) in [6.07, 6.45) is 4.07. The smallest absolute Gasteiger partial charge is 0.318 e. The number of ether oxygens (including phenoxy) is 1. The van der Waals surface area contributed by atoms with Gasteiger partial charge in [0.2, 0.25) is 0 Å². The average Bonchev–Trinajstić information content (AvgIpc) is 2.99. The molecule has 3 heterocycles. The summed E-state index contributed by atoms with van der Waals surface area (Å²) in [5.74, 6) is 0. The molecule has 0 aromatic carbocycles. The first kappa shape index (κ1) is 16.7. The van der Waals surface area contributed by atoms with Gasteiger partial charge in [0, 0.05) is 56.0 Å². The topological polar surface area (TPSA) is 57.7 Å². The van der Waals surface area contributed by atoms with E-state index in [1.54, 1.807) is 11.3 Å². The lowest BCUT2D eigenvalue weighted by molar-refractivity contribution is 0.00700. The minimum absolute atomic E-state index is 0.0372. The van der Waals surface area contributed by atoms with Crippen molar-refractivity contribution in [1.29, 1.82) is 0 Å². The third kappa shape index (κ3) is 4.22. The quantitative estimate of drug-likeness (QED) is 0.914. The fourth-order valence-electron chi connectivity index (χ4n) is 3.42. The summed E-state index contributed by atoms with van der Waals surface area (Å²) in [6, 6.07) is 0.904. The monoisotopic (exact) mass is 338 g/mol. The molecule has 7 heteroatoms. The van der Waals surface area contributed by atoms with Crippen molar-refractivity contribution in [1.82, 2.24) is 20.1 Å². The predicted octanol–water partition coefficient (Wildman–Crippen LogP) is 1.85. The molecule has 1 atom stereocenters. The van der Waals surface area contributed by atoms with E-state index in [0.717, 1.165) is 55.6 Å². The van der Waals surface area contributed by atoms with E-state index >= 15 is 0 Å². The van der Waals surface area contributed by atoms with Crippen LogP contribution in [-0.4, -0.2) is 65.7 Å². The maximum absolute atomic E-state index is 12.4. The van der Waals surface area contributed by atoms with Crippen molar-refractivity contribution < 1.29 is 9.53 Å². The van der Waals surface area contributed by atoms with Crippen LogP contribution < -0.4 is 5.32 Å². The number of nitrogens with zero attached hydrogens (tertiary/aromatic N) is 3. The van der Waals surface area contributed by atoms with E-state index < -0.39 is 0 Å². The molecule has 1 aromatic rings. The number of nitrogens with one attached hydrogen (secondary N) is 1. The fourth-order valence-corrected chi connectivity index (χ4v) is 4.16. The van der Waals surface area contributed by atoms with E-state index in [0.29, 0.717) is 12.6 Å². The van der Waals surface area contributed by atoms with Gasteiger partial charge in [-0.25, -0.2) is 9.78 Å². The predicted molar refractivity (Wildman–Crippen MR) is 90.7 cm³/mol. The minimum Gasteiger partial charge on any atom is -0.381 e. The van der Waals surface area contributed by atoms with E-state index in [9.17, 15) is 4.79 Å². The number of hydrogen-bond donors (Lipinski definition) is 1. The number of amides is 2. The van der Waals surface area contributed by atoms with Crippen LogP contribution in [0.15, 0.2) is 6.20 Å². The van der Waals surface area contributed by atoms with Crippen LogP contribution in [0.4, 0.5) is 4.79 Å². The molecule has 0 radical (unpaired) electrons. The molecular formula is C16H26N4O2S. The number of thiazole rings is 1. The normalized spacial score (nSPS) is 23.9. The highest BCUT2D eigenvalue weighted by molar-refractivity contribution is 7.11. The number of rotatable bonds is 3. The first-order valence-corrected chi connectivity index (χ1v) is 9.22. The Morgan fingerprint density at radius 1 is 1.43 bits per heavy atom. The maximum atomic E-state index is 12.4. The second-order valence-corrected chi connectivity index (χ2v) is 7.70. The second kappa shape index (κ2) is 7.59. The average molecular weight is 338 g/mol. The molecule has 1 aromatic heterocycles. The Morgan fingerprint density at radius 3 is 2.87 bits per heavy atom. The minimum atomic E-state index is 0.0372. The third-order valence-electron chi connectivity index (χ3n) is 4.71. The Kier molecular flexibility index (Phi) is 5.50. The van der Waals surface area contributed by atoms with E-state index in [-0.39, 0.29) is 12.1 Å². The van der Waals surface area contributed by atoms with Crippen molar-refractivity contribution in [2.75, 3.05) is 32.8 Å². The summed E-state index contributed by atoms with van der Waals surface area (Å²) in [5.41, 5.74) is 0. The summed E-state index contributed by atoms with van der Waals surface area (Å²) in [7, 11) is 0. The van der Waals surface area contributed by atoms with Gasteiger partial charge in [-0.05, 0) is 26.7 Å². The zero-order chi connectivity index (χ0) is 16.2. The summed E-state index contributed by atoms with van der Waals surface area (Å²) < 4.78 is 5.45. The summed E-state index contributed by atoms with van der Waals surface area (Å²) >= 11 is 1.63. The molecule has 3 rings (SSSR count). The highest BCUT2D eigenvalue weighted by atomic mass is 32.1. The van der Waals surface area contributed by atoms with Crippen molar-refractivity contribution in [3.63, 3.8) is 0 Å². The summed E-state index contributed by atoms with van der Waals surface area (Å²) in [6.45, 7) is 9.14. The number of urea groups is 1. The highest BCUT2D eigenvalue weighted by Crippen LogP contribution is 2.19.